The van der Waals surface area contributed by atoms with Crippen molar-refractivity contribution < 1.29 is 18.7 Å². The standard InChI is InChI=1S/C31H26ClFN2O4S/c1-3-16-38-22-14-12-21(13-15-22)28-27(30(37)39-18-20-8-5-4-6-9-20)19(2)34-31-35(28)29(36)26(40-31)17-23-24(32)10-7-11-25(23)33/h4-15,17,28H,3,16,18H2,1-2H3/b26-17-. The molecule has 1 atom stereocenters. The number of esters is 1. The van der Waals surface area contributed by atoms with Gasteiger partial charge in [0, 0.05) is 5.56 Å². The summed E-state index contributed by atoms with van der Waals surface area (Å²) in [6, 6.07) is 20.1. The van der Waals surface area contributed by atoms with E-state index in [2.05, 4.69) is 4.99 Å². The van der Waals surface area contributed by atoms with Crippen molar-refractivity contribution in [3.05, 3.63) is 131 Å². The Morgan fingerprint density at radius 2 is 1.85 bits per heavy atom. The van der Waals surface area contributed by atoms with E-state index in [-0.39, 0.29) is 27.3 Å². The fraction of sp³-hybridized carbons (Fsp3) is 0.194. The van der Waals surface area contributed by atoms with Gasteiger partial charge in [-0.1, -0.05) is 78.4 Å². The summed E-state index contributed by atoms with van der Waals surface area (Å²) >= 11 is 7.33. The lowest BCUT2D eigenvalue weighted by Crippen LogP contribution is -2.39. The molecule has 40 heavy (non-hydrogen) atoms. The van der Waals surface area contributed by atoms with Crippen molar-refractivity contribution in [3.8, 4) is 5.75 Å². The number of carbonyl (C=O) groups is 1. The molecular weight excluding hydrogens is 551 g/mol. The Morgan fingerprint density at radius 3 is 2.55 bits per heavy atom. The Balaban J connectivity index is 1.61. The first kappa shape index (κ1) is 27.6. The lowest BCUT2D eigenvalue weighted by Gasteiger charge is -2.25. The quantitative estimate of drug-likeness (QED) is 0.258. The molecule has 0 fully saturated rings. The zero-order valence-electron chi connectivity index (χ0n) is 21.9. The fourth-order valence-corrected chi connectivity index (χ4v) is 5.69. The summed E-state index contributed by atoms with van der Waals surface area (Å²) in [5.74, 6) is -0.437. The van der Waals surface area contributed by atoms with Crippen molar-refractivity contribution in [3.63, 3.8) is 0 Å². The Kier molecular flexibility index (Phi) is 8.28. The number of rotatable bonds is 8. The minimum absolute atomic E-state index is 0.0726. The molecule has 6 nitrogen and oxygen atoms in total. The minimum atomic E-state index is -0.807. The molecule has 2 heterocycles. The van der Waals surface area contributed by atoms with Gasteiger partial charge in [-0.3, -0.25) is 9.36 Å². The molecule has 0 saturated carbocycles. The number of halogens is 2. The van der Waals surface area contributed by atoms with Gasteiger partial charge in [0.2, 0.25) is 0 Å². The molecule has 0 N–H and O–H groups in total. The lowest BCUT2D eigenvalue weighted by molar-refractivity contribution is -0.140. The number of hydrogen-bond donors (Lipinski definition) is 0. The van der Waals surface area contributed by atoms with E-state index in [1.807, 2.05) is 61.5 Å². The molecular formula is C31H26ClFN2O4S. The highest BCUT2D eigenvalue weighted by Crippen LogP contribution is 2.32. The number of ether oxygens (including phenoxy) is 2. The van der Waals surface area contributed by atoms with Crippen molar-refractivity contribution in [1.29, 1.82) is 0 Å². The van der Waals surface area contributed by atoms with Crippen LogP contribution in [-0.4, -0.2) is 17.1 Å². The van der Waals surface area contributed by atoms with Crippen LogP contribution < -0.4 is 19.6 Å². The number of benzene rings is 3. The topological polar surface area (TPSA) is 69.9 Å². The molecule has 1 aromatic heterocycles. The molecule has 0 radical (unpaired) electrons. The van der Waals surface area contributed by atoms with E-state index >= 15 is 0 Å². The van der Waals surface area contributed by atoms with E-state index in [0.29, 0.717) is 28.4 Å². The number of fused-ring (bicyclic) bond motifs is 1. The van der Waals surface area contributed by atoms with E-state index in [1.54, 1.807) is 13.0 Å². The van der Waals surface area contributed by atoms with Crippen LogP contribution in [0.5, 0.6) is 5.75 Å². The van der Waals surface area contributed by atoms with E-state index in [9.17, 15) is 14.0 Å². The van der Waals surface area contributed by atoms with Gasteiger partial charge in [0.25, 0.3) is 5.56 Å². The average molecular weight is 577 g/mol. The van der Waals surface area contributed by atoms with Gasteiger partial charge in [-0.15, -0.1) is 0 Å². The van der Waals surface area contributed by atoms with Crippen LogP contribution in [0.2, 0.25) is 5.02 Å². The van der Waals surface area contributed by atoms with E-state index in [4.69, 9.17) is 21.1 Å². The maximum Gasteiger partial charge on any atom is 0.338 e. The Hall–Kier alpha value is -4.01. The zero-order valence-corrected chi connectivity index (χ0v) is 23.5. The van der Waals surface area contributed by atoms with Gasteiger partial charge in [0.05, 0.1) is 33.5 Å². The molecule has 3 aromatic carbocycles. The molecule has 0 amide bonds. The summed E-state index contributed by atoms with van der Waals surface area (Å²) in [5.41, 5.74) is 1.90. The maximum atomic E-state index is 14.5. The summed E-state index contributed by atoms with van der Waals surface area (Å²) in [7, 11) is 0. The highest BCUT2D eigenvalue weighted by Gasteiger charge is 2.33. The van der Waals surface area contributed by atoms with Crippen molar-refractivity contribution >= 4 is 35.0 Å². The van der Waals surface area contributed by atoms with Crippen LogP contribution in [0.3, 0.4) is 0 Å². The van der Waals surface area contributed by atoms with Crippen LogP contribution in [0.25, 0.3) is 6.08 Å². The summed E-state index contributed by atoms with van der Waals surface area (Å²) in [5, 5.41) is 0.186. The molecule has 0 aliphatic carbocycles. The summed E-state index contributed by atoms with van der Waals surface area (Å²) in [6.45, 7) is 4.39. The van der Waals surface area contributed by atoms with Crippen molar-refractivity contribution in [2.75, 3.05) is 6.61 Å². The minimum Gasteiger partial charge on any atom is -0.494 e. The molecule has 0 bridgehead atoms. The predicted molar refractivity (Wildman–Crippen MR) is 154 cm³/mol. The number of thiazole rings is 1. The van der Waals surface area contributed by atoms with Crippen LogP contribution in [0.1, 0.15) is 43.0 Å². The third-order valence-electron chi connectivity index (χ3n) is 6.40. The Labute approximate surface area is 239 Å². The smallest absolute Gasteiger partial charge is 0.338 e. The highest BCUT2D eigenvalue weighted by molar-refractivity contribution is 7.07. The third-order valence-corrected chi connectivity index (χ3v) is 7.71. The first-order valence-corrected chi connectivity index (χ1v) is 14.0. The summed E-state index contributed by atoms with van der Waals surface area (Å²) < 4.78 is 27.7. The van der Waals surface area contributed by atoms with Crippen LogP contribution >= 0.6 is 22.9 Å². The van der Waals surface area contributed by atoms with Gasteiger partial charge < -0.3 is 9.47 Å². The van der Waals surface area contributed by atoms with E-state index in [0.717, 1.165) is 23.3 Å². The average Bonchev–Trinajstić information content (AvgIpc) is 3.26. The molecule has 4 aromatic rings. The molecule has 0 saturated heterocycles. The molecule has 0 spiro atoms. The monoisotopic (exact) mass is 576 g/mol. The van der Waals surface area contributed by atoms with Gasteiger partial charge in [0.15, 0.2) is 4.80 Å². The van der Waals surface area contributed by atoms with Gasteiger partial charge >= 0.3 is 5.97 Å². The van der Waals surface area contributed by atoms with Gasteiger partial charge in [-0.25, -0.2) is 14.2 Å². The summed E-state index contributed by atoms with van der Waals surface area (Å²) in [4.78, 5) is 32.3. The van der Waals surface area contributed by atoms with Crippen molar-refractivity contribution in [1.82, 2.24) is 4.57 Å². The van der Waals surface area contributed by atoms with Gasteiger partial charge in [-0.2, -0.15) is 0 Å². The zero-order chi connectivity index (χ0) is 28.2. The Morgan fingerprint density at radius 1 is 1.10 bits per heavy atom. The SMILES string of the molecule is CCCOc1ccc(C2C(C(=O)OCc3ccccc3)=C(C)N=c3s/c(=C\c4c(F)cccc4Cl)c(=O)n32)cc1. The lowest BCUT2D eigenvalue weighted by atomic mass is 9.96. The highest BCUT2D eigenvalue weighted by atomic mass is 35.5. The van der Waals surface area contributed by atoms with Gasteiger partial charge in [-0.05, 0) is 54.8 Å². The molecule has 5 rings (SSSR count). The van der Waals surface area contributed by atoms with E-state index in [1.165, 1.54) is 22.8 Å². The predicted octanol–water partition coefficient (Wildman–Crippen LogP) is 5.56. The second kappa shape index (κ2) is 12.0. The fourth-order valence-electron chi connectivity index (χ4n) is 4.44. The van der Waals surface area contributed by atoms with Crippen molar-refractivity contribution in [2.24, 2.45) is 4.99 Å². The maximum absolute atomic E-state index is 14.5. The van der Waals surface area contributed by atoms with Crippen LogP contribution in [0.4, 0.5) is 4.39 Å². The second-order valence-corrected chi connectivity index (χ2v) is 10.6. The molecule has 9 heteroatoms. The van der Waals surface area contributed by atoms with Crippen LogP contribution in [0.15, 0.2) is 93.9 Å². The number of hydrogen-bond acceptors (Lipinski definition) is 6. The summed E-state index contributed by atoms with van der Waals surface area (Å²) in [6.07, 6.45) is 2.29. The molecule has 204 valence electrons. The normalized spacial score (nSPS) is 15.0. The van der Waals surface area contributed by atoms with E-state index < -0.39 is 23.4 Å². The Bertz CT molecular complexity index is 1740. The third kappa shape index (κ3) is 5.64. The van der Waals surface area contributed by atoms with Crippen LogP contribution in [-0.2, 0) is 16.1 Å². The number of carbonyl (C=O) groups excluding carboxylic acids is 1. The first-order valence-electron chi connectivity index (χ1n) is 12.8. The number of aromatic nitrogens is 1. The first-order chi connectivity index (χ1) is 19.4. The molecule has 1 aliphatic heterocycles. The van der Waals surface area contributed by atoms with Gasteiger partial charge in [0.1, 0.15) is 18.2 Å². The van der Waals surface area contributed by atoms with Crippen LogP contribution in [0, 0.1) is 5.82 Å². The molecule has 1 unspecified atom stereocenters. The van der Waals surface area contributed by atoms with Crippen molar-refractivity contribution in [2.45, 2.75) is 32.9 Å². The number of allylic oxidation sites excluding steroid dienone is 1. The molecule has 1 aliphatic rings. The number of nitrogens with zero attached hydrogens (tertiary/aromatic N) is 2. The second-order valence-electron chi connectivity index (χ2n) is 9.20. The largest absolute Gasteiger partial charge is 0.494 e.